The van der Waals surface area contributed by atoms with Crippen LogP contribution in [0.5, 0.6) is 5.75 Å². The van der Waals surface area contributed by atoms with Crippen molar-refractivity contribution in [3.8, 4) is 5.75 Å². The fourth-order valence-corrected chi connectivity index (χ4v) is 2.36. The molecule has 0 radical (unpaired) electrons. The third-order valence-corrected chi connectivity index (χ3v) is 3.41. The van der Waals surface area contributed by atoms with Crippen LogP contribution >= 0.6 is 15.9 Å². The Bertz CT molecular complexity index is 413. The van der Waals surface area contributed by atoms with Crippen LogP contribution in [-0.4, -0.2) is 31.0 Å². The Morgan fingerprint density at radius 3 is 2.69 bits per heavy atom. The minimum atomic E-state index is 0.0904. The summed E-state index contributed by atoms with van der Waals surface area (Å²) in [4.78, 5) is 13.9. The third kappa shape index (κ3) is 2.07. The molecule has 4 heteroatoms. The number of hydrogen-bond acceptors (Lipinski definition) is 2. The molecule has 0 unspecified atom stereocenters. The SMILES string of the molecule is COc1ccc(C(=O)N2CC(C)C2)c(Br)c1. The van der Waals surface area contributed by atoms with E-state index in [1.54, 1.807) is 19.2 Å². The quantitative estimate of drug-likeness (QED) is 0.835. The van der Waals surface area contributed by atoms with Crippen LogP contribution in [0.2, 0.25) is 0 Å². The van der Waals surface area contributed by atoms with Crippen molar-refractivity contribution in [2.45, 2.75) is 6.92 Å². The number of ether oxygens (including phenoxy) is 1. The molecule has 1 aromatic carbocycles. The Morgan fingerprint density at radius 2 is 2.19 bits per heavy atom. The van der Waals surface area contributed by atoms with Crippen molar-refractivity contribution in [3.05, 3.63) is 28.2 Å². The van der Waals surface area contributed by atoms with Crippen molar-refractivity contribution in [3.63, 3.8) is 0 Å². The van der Waals surface area contributed by atoms with Crippen LogP contribution in [0.3, 0.4) is 0 Å². The summed E-state index contributed by atoms with van der Waals surface area (Å²) in [7, 11) is 1.61. The zero-order valence-electron chi connectivity index (χ0n) is 9.37. The van der Waals surface area contributed by atoms with E-state index in [1.165, 1.54) is 0 Å². The van der Waals surface area contributed by atoms with Gasteiger partial charge in [0.1, 0.15) is 5.75 Å². The van der Waals surface area contributed by atoms with Crippen molar-refractivity contribution in [1.29, 1.82) is 0 Å². The van der Waals surface area contributed by atoms with Gasteiger partial charge in [-0.25, -0.2) is 0 Å². The number of hydrogen-bond donors (Lipinski definition) is 0. The Balaban J connectivity index is 2.17. The van der Waals surface area contributed by atoms with Crippen molar-refractivity contribution in [1.82, 2.24) is 4.90 Å². The van der Waals surface area contributed by atoms with Crippen molar-refractivity contribution in [2.75, 3.05) is 20.2 Å². The lowest BCUT2D eigenvalue weighted by atomic mass is 10.0. The van der Waals surface area contributed by atoms with Crippen LogP contribution < -0.4 is 4.74 Å². The van der Waals surface area contributed by atoms with Crippen LogP contribution in [0.15, 0.2) is 22.7 Å². The normalized spacial score (nSPS) is 15.8. The number of likely N-dealkylation sites (tertiary alicyclic amines) is 1. The van der Waals surface area contributed by atoms with E-state index in [1.807, 2.05) is 11.0 Å². The fourth-order valence-electron chi connectivity index (χ4n) is 1.83. The molecule has 0 saturated carbocycles. The van der Waals surface area contributed by atoms with E-state index in [9.17, 15) is 4.79 Å². The summed E-state index contributed by atoms with van der Waals surface area (Å²) < 4.78 is 5.88. The molecule has 0 N–H and O–H groups in total. The van der Waals surface area contributed by atoms with Crippen LogP contribution in [0, 0.1) is 5.92 Å². The van der Waals surface area contributed by atoms with E-state index in [4.69, 9.17) is 4.74 Å². The van der Waals surface area contributed by atoms with Gasteiger partial charge < -0.3 is 9.64 Å². The molecule has 0 aliphatic carbocycles. The molecule has 1 fully saturated rings. The molecular formula is C12H14BrNO2. The van der Waals surface area contributed by atoms with Crippen LogP contribution in [0.25, 0.3) is 0 Å². The molecule has 0 bridgehead atoms. The zero-order valence-corrected chi connectivity index (χ0v) is 11.0. The average molecular weight is 284 g/mol. The number of nitrogens with zero attached hydrogens (tertiary/aromatic N) is 1. The Labute approximate surface area is 104 Å². The molecule has 1 amide bonds. The number of rotatable bonds is 2. The number of carbonyl (C=O) groups excluding carboxylic acids is 1. The van der Waals surface area contributed by atoms with E-state index < -0.39 is 0 Å². The molecule has 1 aliphatic heterocycles. The molecule has 1 aromatic rings. The lowest BCUT2D eigenvalue weighted by molar-refractivity contribution is 0.0529. The maximum absolute atomic E-state index is 12.0. The van der Waals surface area contributed by atoms with Gasteiger partial charge in [0.2, 0.25) is 0 Å². The Kier molecular flexibility index (Phi) is 3.19. The number of methoxy groups -OCH3 is 1. The standard InChI is InChI=1S/C12H14BrNO2/c1-8-6-14(7-8)12(15)10-4-3-9(16-2)5-11(10)13/h3-5,8H,6-7H2,1-2H3. The lowest BCUT2D eigenvalue weighted by Gasteiger charge is -2.37. The summed E-state index contributed by atoms with van der Waals surface area (Å²) in [5, 5.41) is 0. The van der Waals surface area contributed by atoms with E-state index >= 15 is 0 Å². The first-order chi connectivity index (χ1) is 7.61. The molecule has 2 rings (SSSR count). The van der Waals surface area contributed by atoms with Gasteiger partial charge in [-0.15, -0.1) is 0 Å². The van der Waals surface area contributed by atoms with E-state index in [-0.39, 0.29) is 5.91 Å². The highest BCUT2D eigenvalue weighted by molar-refractivity contribution is 9.10. The minimum absolute atomic E-state index is 0.0904. The predicted octanol–water partition coefficient (Wildman–Crippen LogP) is 2.55. The molecule has 1 saturated heterocycles. The first-order valence-corrected chi connectivity index (χ1v) is 6.04. The topological polar surface area (TPSA) is 29.5 Å². The first kappa shape index (κ1) is 11.5. The first-order valence-electron chi connectivity index (χ1n) is 5.24. The number of halogens is 1. The maximum atomic E-state index is 12.0. The van der Waals surface area contributed by atoms with Crippen molar-refractivity contribution in [2.24, 2.45) is 5.92 Å². The van der Waals surface area contributed by atoms with E-state index in [0.717, 1.165) is 23.3 Å². The van der Waals surface area contributed by atoms with Gasteiger partial charge in [-0.1, -0.05) is 6.92 Å². The molecule has 0 atom stereocenters. The van der Waals surface area contributed by atoms with Crippen molar-refractivity contribution >= 4 is 21.8 Å². The highest BCUT2D eigenvalue weighted by Gasteiger charge is 2.28. The summed E-state index contributed by atoms with van der Waals surface area (Å²) in [6, 6.07) is 5.42. The van der Waals surface area contributed by atoms with Gasteiger partial charge in [0.25, 0.3) is 5.91 Å². The van der Waals surface area contributed by atoms with Crippen LogP contribution in [0.4, 0.5) is 0 Å². The van der Waals surface area contributed by atoms with Gasteiger partial charge in [0.05, 0.1) is 12.7 Å². The van der Waals surface area contributed by atoms with Crippen LogP contribution in [0.1, 0.15) is 17.3 Å². The van der Waals surface area contributed by atoms with Gasteiger partial charge in [0, 0.05) is 17.6 Å². The Hall–Kier alpha value is -1.03. The summed E-state index contributed by atoms with van der Waals surface area (Å²) in [6.07, 6.45) is 0. The molecule has 86 valence electrons. The van der Waals surface area contributed by atoms with E-state index in [2.05, 4.69) is 22.9 Å². The Morgan fingerprint density at radius 1 is 1.50 bits per heavy atom. The van der Waals surface area contributed by atoms with Gasteiger partial charge >= 0.3 is 0 Å². The van der Waals surface area contributed by atoms with Gasteiger partial charge in [0.15, 0.2) is 0 Å². The predicted molar refractivity (Wildman–Crippen MR) is 65.8 cm³/mol. The van der Waals surface area contributed by atoms with Crippen molar-refractivity contribution < 1.29 is 9.53 Å². The summed E-state index contributed by atoms with van der Waals surface area (Å²) in [5.41, 5.74) is 0.702. The second kappa shape index (κ2) is 4.45. The number of amides is 1. The number of carbonyl (C=O) groups is 1. The molecule has 3 nitrogen and oxygen atoms in total. The monoisotopic (exact) mass is 283 g/mol. The summed E-state index contributed by atoms with van der Waals surface area (Å²) in [5.74, 6) is 1.47. The highest BCUT2D eigenvalue weighted by atomic mass is 79.9. The van der Waals surface area contributed by atoms with Gasteiger partial charge in [-0.05, 0) is 40.0 Å². The fraction of sp³-hybridized carbons (Fsp3) is 0.417. The highest BCUT2D eigenvalue weighted by Crippen LogP contribution is 2.26. The smallest absolute Gasteiger partial charge is 0.255 e. The molecule has 16 heavy (non-hydrogen) atoms. The largest absolute Gasteiger partial charge is 0.497 e. The van der Waals surface area contributed by atoms with Gasteiger partial charge in [-0.3, -0.25) is 4.79 Å². The lowest BCUT2D eigenvalue weighted by Crippen LogP contribution is -2.48. The minimum Gasteiger partial charge on any atom is -0.497 e. The second-order valence-corrected chi connectivity index (χ2v) is 5.02. The van der Waals surface area contributed by atoms with Crippen LogP contribution in [-0.2, 0) is 0 Å². The number of benzene rings is 1. The summed E-state index contributed by atoms with van der Waals surface area (Å²) in [6.45, 7) is 3.86. The molecule has 1 aliphatic rings. The molecule has 0 aromatic heterocycles. The maximum Gasteiger partial charge on any atom is 0.255 e. The summed E-state index contributed by atoms with van der Waals surface area (Å²) >= 11 is 3.40. The molecule has 1 heterocycles. The third-order valence-electron chi connectivity index (χ3n) is 2.76. The molecular weight excluding hydrogens is 270 g/mol. The second-order valence-electron chi connectivity index (χ2n) is 4.16. The average Bonchev–Trinajstić information content (AvgIpc) is 2.23. The van der Waals surface area contributed by atoms with E-state index in [0.29, 0.717) is 11.5 Å². The van der Waals surface area contributed by atoms with Gasteiger partial charge in [-0.2, -0.15) is 0 Å². The zero-order chi connectivity index (χ0) is 11.7. The molecule has 0 spiro atoms.